The van der Waals surface area contributed by atoms with Crippen LogP contribution in [-0.2, 0) is 4.79 Å². The highest BCUT2D eigenvalue weighted by Gasteiger charge is 2.16. The van der Waals surface area contributed by atoms with E-state index in [1.807, 2.05) is 31.2 Å². The molecule has 0 saturated carbocycles. The summed E-state index contributed by atoms with van der Waals surface area (Å²) >= 11 is 10.7. The average Bonchev–Trinajstić information content (AvgIpc) is 2.44. The molecule has 0 bridgehead atoms. The largest absolute Gasteiger partial charge is 0.325 e. The third-order valence-electron chi connectivity index (χ3n) is 2.49. The van der Waals surface area contributed by atoms with E-state index in [1.54, 1.807) is 18.3 Å². The van der Waals surface area contributed by atoms with E-state index in [0.29, 0.717) is 10.0 Å². The second-order valence-corrected chi connectivity index (χ2v) is 6.70. The smallest absolute Gasteiger partial charge is 0.237 e. The molecule has 0 aliphatic carbocycles. The van der Waals surface area contributed by atoms with Crippen LogP contribution in [0.15, 0.2) is 52.1 Å². The van der Waals surface area contributed by atoms with Gasteiger partial charge in [0.2, 0.25) is 5.91 Å². The van der Waals surface area contributed by atoms with Gasteiger partial charge >= 0.3 is 0 Å². The number of thioether (sulfide) groups is 1. The minimum absolute atomic E-state index is 0.0842. The van der Waals surface area contributed by atoms with Gasteiger partial charge in [-0.1, -0.05) is 39.3 Å². The molecule has 1 unspecified atom stereocenters. The highest BCUT2D eigenvalue weighted by atomic mass is 79.9. The van der Waals surface area contributed by atoms with Crippen molar-refractivity contribution in [3.05, 3.63) is 52.1 Å². The van der Waals surface area contributed by atoms with Crippen LogP contribution in [0.5, 0.6) is 0 Å². The Morgan fingerprint density at radius 3 is 2.70 bits per heavy atom. The van der Waals surface area contributed by atoms with Gasteiger partial charge in [-0.3, -0.25) is 4.79 Å². The Labute approximate surface area is 135 Å². The second-order valence-electron chi connectivity index (χ2n) is 4.05. The van der Waals surface area contributed by atoms with Gasteiger partial charge in [0.15, 0.2) is 0 Å². The number of aromatic nitrogens is 1. The van der Waals surface area contributed by atoms with Gasteiger partial charge in [-0.15, -0.1) is 0 Å². The van der Waals surface area contributed by atoms with Crippen molar-refractivity contribution in [1.29, 1.82) is 0 Å². The molecule has 0 fully saturated rings. The number of benzene rings is 1. The van der Waals surface area contributed by atoms with Crippen molar-refractivity contribution in [3.8, 4) is 0 Å². The van der Waals surface area contributed by atoms with Crippen LogP contribution in [0.2, 0.25) is 5.02 Å². The predicted molar refractivity (Wildman–Crippen MR) is 87.3 cm³/mol. The van der Waals surface area contributed by atoms with E-state index in [2.05, 4.69) is 26.2 Å². The Balaban J connectivity index is 1.99. The van der Waals surface area contributed by atoms with Gasteiger partial charge in [0.25, 0.3) is 0 Å². The SMILES string of the molecule is CC(Sc1ncccc1Cl)C(=O)Nc1ccc(Br)cc1. The summed E-state index contributed by atoms with van der Waals surface area (Å²) in [6.45, 7) is 1.82. The van der Waals surface area contributed by atoms with E-state index in [1.165, 1.54) is 11.8 Å². The van der Waals surface area contributed by atoms with Crippen LogP contribution in [-0.4, -0.2) is 16.1 Å². The van der Waals surface area contributed by atoms with Gasteiger partial charge in [0, 0.05) is 16.4 Å². The quantitative estimate of drug-likeness (QED) is 0.798. The lowest BCUT2D eigenvalue weighted by atomic mass is 10.3. The van der Waals surface area contributed by atoms with Crippen LogP contribution in [0.4, 0.5) is 5.69 Å². The lowest BCUT2D eigenvalue weighted by molar-refractivity contribution is -0.115. The topological polar surface area (TPSA) is 42.0 Å². The molecule has 1 heterocycles. The van der Waals surface area contributed by atoms with Crippen molar-refractivity contribution >= 4 is 50.9 Å². The summed E-state index contributed by atoms with van der Waals surface area (Å²) in [7, 11) is 0. The number of nitrogens with one attached hydrogen (secondary N) is 1. The molecule has 1 atom stereocenters. The van der Waals surface area contributed by atoms with E-state index in [9.17, 15) is 4.79 Å². The first-order chi connectivity index (χ1) is 9.56. The summed E-state index contributed by atoms with van der Waals surface area (Å²) in [5, 5.41) is 3.79. The fraction of sp³-hybridized carbons (Fsp3) is 0.143. The van der Waals surface area contributed by atoms with Crippen LogP contribution in [0, 0.1) is 0 Å². The summed E-state index contributed by atoms with van der Waals surface area (Å²) in [6.07, 6.45) is 1.66. The number of anilines is 1. The molecule has 2 rings (SSSR count). The molecule has 0 aliphatic rings. The minimum Gasteiger partial charge on any atom is -0.325 e. The van der Waals surface area contributed by atoms with Crippen molar-refractivity contribution in [2.24, 2.45) is 0 Å². The van der Waals surface area contributed by atoms with E-state index in [4.69, 9.17) is 11.6 Å². The summed E-state index contributed by atoms with van der Waals surface area (Å²) in [4.78, 5) is 16.3. The summed E-state index contributed by atoms with van der Waals surface area (Å²) < 4.78 is 0.971. The molecule has 1 aromatic carbocycles. The molecular formula is C14H12BrClN2OS. The monoisotopic (exact) mass is 370 g/mol. The number of hydrogen-bond acceptors (Lipinski definition) is 3. The number of rotatable bonds is 4. The summed E-state index contributed by atoms with van der Waals surface area (Å²) in [6, 6.07) is 11.0. The molecule has 1 N–H and O–H groups in total. The molecule has 0 spiro atoms. The standard InChI is InChI=1S/C14H12BrClN2OS/c1-9(20-14-12(16)3-2-8-17-14)13(19)18-11-6-4-10(15)5-7-11/h2-9H,1H3,(H,18,19). The van der Waals surface area contributed by atoms with Crippen molar-refractivity contribution in [1.82, 2.24) is 4.98 Å². The lowest BCUT2D eigenvalue weighted by Gasteiger charge is -2.12. The van der Waals surface area contributed by atoms with Crippen LogP contribution in [0.25, 0.3) is 0 Å². The normalized spacial score (nSPS) is 11.9. The lowest BCUT2D eigenvalue weighted by Crippen LogP contribution is -2.22. The Morgan fingerprint density at radius 1 is 1.35 bits per heavy atom. The molecule has 1 amide bonds. The maximum absolute atomic E-state index is 12.1. The van der Waals surface area contributed by atoms with Gasteiger partial charge in [0.05, 0.1) is 10.3 Å². The number of pyridine rings is 1. The number of carbonyl (C=O) groups excluding carboxylic acids is 1. The van der Waals surface area contributed by atoms with Gasteiger partial charge in [-0.25, -0.2) is 4.98 Å². The van der Waals surface area contributed by atoms with E-state index < -0.39 is 0 Å². The molecule has 20 heavy (non-hydrogen) atoms. The molecule has 2 aromatic rings. The first-order valence-electron chi connectivity index (χ1n) is 5.90. The van der Waals surface area contributed by atoms with Crippen LogP contribution in [0.3, 0.4) is 0 Å². The van der Waals surface area contributed by atoms with Crippen molar-refractivity contribution in [2.75, 3.05) is 5.32 Å². The molecule has 104 valence electrons. The summed E-state index contributed by atoms with van der Waals surface area (Å²) in [5.74, 6) is -0.0842. The molecular weight excluding hydrogens is 360 g/mol. The Morgan fingerprint density at radius 2 is 2.05 bits per heavy atom. The third kappa shape index (κ3) is 4.23. The molecule has 0 saturated heterocycles. The maximum atomic E-state index is 12.1. The second kappa shape index (κ2) is 7.11. The Hall–Kier alpha value is -1.04. The van der Waals surface area contributed by atoms with Crippen molar-refractivity contribution < 1.29 is 4.79 Å². The number of hydrogen-bond donors (Lipinski definition) is 1. The highest BCUT2D eigenvalue weighted by molar-refractivity contribution is 9.10. The van der Waals surface area contributed by atoms with E-state index in [0.717, 1.165) is 10.2 Å². The van der Waals surface area contributed by atoms with Gasteiger partial charge in [-0.2, -0.15) is 0 Å². The third-order valence-corrected chi connectivity index (χ3v) is 4.56. The fourth-order valence-corrected chi connectivity index (χ4v) is 2.78. The van der Waals surface area contributed by atoms with Crippen molar-refractivity contribution in [2.45, 2.75) is 17.2 Å². The van der Waals surface area contributed by atoms with Crippen LogP contribution < -0.4 is 5.32 Å². The van der Waals surface area contributed by atoms with Crippen LogP contribution >= 0.6 is 39.3 Å². The van der Waals surface area contributed by atoms with E-state index >= 15 is 0 Å². The summed E-state index contributed by atoms with van der Waals surface area (Å²) in [5.41, 5.74) is 0.762. The molecule has 1 aromatic heterocycles. The molecule has 0 aliphatic heterocycles. The number of carbonyl (C=O) groups is 1. The van der Waals surface area contributed by atoms with Crippen molar-refractivity contribution in [3.63, 3.8) is 0 Å². The minimum atomic E-state index is -0.286. The zero-order valence-electron chi connectivity index (χ0n) is 10.6. The first-order valence-corrected chi connectivity index (χ1v) is 7.95. The van der Waals surface area contributed by atoms with Gasteiger partial charge in [0.1, 0.15) is 5.03 Å². The zero-order valence-corrected chi connectivity index (χ0v) is 13.8. The highest BCUT2D eigenvalue weighted by Crippen LogP contribution is 2.28. The first kappa shape index (κ1) is 15.4. The molecule has 0 radical (unpaired) electrons. The Bertz CT molecular complexity index is 606. The zero-order chi connectivity index (χ0) is 14.5. The van der Waals surface area contributed by atoms with Gasteiger partial charge < -0.3 is 5.32 Å². The molecule has 3 nitrogen and oxygen atoms in total. The predicted octanol–water partition coefficient (Wildman–Crippen LogP) is 4.62. The van der Waals surface area contributed by atoms with E-state index in [-0.39, 0.29) is 11.2 Å². The number of halogens is 2. The molecule has 6 heteroatoms. The Kier molecular flexibility index (Phi) is 5.46. The number of amides is 1. The fourth-order valence-electron chi connectivity index (χ4n) is 1.46. The number of nitrogens with zero attached hydrogens (tertiary/aromatic N) is 1. The maximum Gasteiger partial charge on any atom is 0.237 e. The average molecular weight is 372 g/mol. The van der Waals surface area contributed by atoms with Gasteiger partial charge in [-0.05, 0) is 43.3 Å². The van der Waals surface area contributed by atoms with Crippen LogP contribution in [0.1, 0.15) is 6.92 Å².